The summed E-state index contributed by atoms with van der Waals surface area (Å²) in [6, 6.07) is 17.3. The maximum Gasteiger partial charge on any atom is 0.422 e. The van der Waals surface area contributed by atoms with Crippen molar-refractivity contribution in [3.8, 4) is 5.75 Å². The van der Waals surface area contributed by atoms with Crippen molar-refractivity contribution in [1.29, 1.82) is 0 Å². The second-order valence-electron chi connectivity index (χ2n) is 5.92. The fraction of sp³-hybridized carbons (Fsp3) is 0.294. The van der Waals surface area contributed by atoms with Crippen molar-refractivity contribution >= 4 is 25.0 Å². The van der Waals surface area contributed by atoms with Crippen LogP contribution in [-0.2, 0) is 4.57 Å². The largest absolute Gasteiger partial charge is 0.422 e. The van der Waals surface area contributed by atoms with Crippen molar-refractivity contribution in [3.63, 3.8) is 0 Å². The highest BCUT2D eigenvalue weighted by molar-refractivity contribution is 7.59. The molecule has 2 fully saturated rings. The molecule has 2 saturated heterocycles. The zero-order valence-electron chi connectivity index (χ0n) is 12.6. The van der Waals surface area contributed by atoms with E-state index < -0.39 is 7.67 Å². The maximum atomic E-state index is 13.8. The minimum Gasteiger partial charge on any atom is -0.418 e. The van der Waals surface area contributed by atoms with Gasteiger partial charge in [0.2, 0.25) is 0 Å². The van der Waals surface area contributed by atoms with Crippen molar-refractivity contribution < 1.29 is 9.09 Å². The Kier molecular flexibility index (Phi) is 3.84. The Bertz CT molecular complexity index is 755. The molecule has 4 rings (SSSR count). The average molecular weight is 349 g/mol. The second kappa shape index (κ2) is 5.86. The summed E-state index contributed by atoms with van der Waals surface area (Å²) in [5, 5.41) is 0.581. The Balaban J connectivity index is 1.73. The van der Waals surface area contributed by atoms with E-state index in [9.17, 15) is 4.57 Å². The van der Waals surface area contributed by atoms with Crippen molar-refractivity contribution in [2.75, 3.05) is 17.8 Å². The number of benzene rings is 2. The molecular formula is C17H18ClN2O2P. The van der Waals surface area contributed by atoms with Gasteiger partial charge in [-0.05, 0) is 43.2 Å². The van der Waals surface area contributed by atoms with Crippen LogP contribution in [0.4, 0.5) is 5.69 Å². The predicted molar refractivity (Wildman–Crippen MR) is 93.2 cm³/mol. The van der Waals surface area contributed by atoms with E-state index in [2.05, 4.69) is 0 Å². The highest BCUT2D eigenvalue weighted by atomic mass is 35.5. The van der Waals surface area contributed by atoms with Crippen LogP contribution < -0.4 is 9.19 Å². The first-order valence-electron chi connectivity index (χ1n) is 7.82. The normalized spacial score (nSPS) is 27.2. The molecular weight excluding hydrogens is 331 g/mol. The molecule has 2 aliphatic heterocycles. The van der Waals surface area contributed by atoms with Gasteiger partial charge < -0.3 is 4.52 Å². The molecule has 0 spiro atoms. The second-order valence-corrected chi connectivity index (χ2v) is 8.51. The van der Waals surface area contributed by atoms with Gasteiger partial charge in [-0.15, -0.1) is 0 Å². The summed E-state index contributed by atoms with van der Waals surface area (Å²) in [6.45, 7) is 1.55. The van der Waals surface area contributed by atoms with Gasteiger partial charge in [-0.2, -0.15) is 4.67 Å². The van der Waals surface area contributed by atoms with Crippen molar-refractivity contribution in [1.82, 2.24) is 4.67 Å². The monoisotopic (exact) mass is 348 g/mol. The van der Waals surface area contributed by atoms with E-state index >= 15 is 0 Å². The lowest BCUT2D eigenvalue weighted by Crippen LogP contribution is -2.23. The van der Waals surface area contributed by atoms with Gasteiger partial charge in [0, 0.05) is 29.8 Å². The SMILES string of the molecule is O=[P@]1(Oc2cccc(Cl)c2)N(c2ccccc2)C[C@@H]2CCCN21. The molecule has 0 saturated carbocycles. The fourth-order valence-electron chi connectivity index (χ4n) is 3.39. The van der Waals surface area contributed by atoms with Crippen LogP contribution in [0.25, 0.3) is 0 Å². The van der Waals surface area contributed by atoms with E-state index in [0.29, 0.717) is 16.8 Å². The number of fused-ring (bicyclic) bond motifs is 1. The molecule has 2 aromatic carbocycles. The van der Waals surface area contributed by atoms with Gasteiger partial charge in [-0.25, -0.2) is 4.57 Å². The molecule has 0 N–H and O–H groups in total. The zero-order valence-corrected chi connectivity index (χ0v) is 14.3. The summed E-state index contributed by atoms with van der Waals surface area (Å²) in [4.78, 5) is 0. The van der Waals surface area contributed by atoms with Crippen molar-refractivity contribution in [3.05, 3.63) is 59.6 Å². The van der Waals surface area contributed by atoms with Gasteiger partial charge in [0.1, 0.15) is 5.75 Å². The van der Waals surface area contributed by atoms with Gasteiger partial charge in [0.05, 0.1) is 0 Å². The van der Waals surface area contributed by atoms with Crippen molar-refractivity contribution in [2.24, 2.45) is 0 Å². The van der Waals surface area contributed by atoms with E-state index in [4.69, 9.17) is 16.1 Å². The summed E-state index contributed by atoms with van der Waals surface area (Å²) in [5.41, 5.74) is 0.937. The predicted octanol–water partition coefficient (Wildman–Crippen LogP) is 4.81. The molecule has 23 heavy (non-hydrogen) atoms. The van der Waals surface area contributed by atoms with E-state index in [0.717, 1.165) is 31.6 Å². The Morgan fingerprint density at radius 2 is 1.96 bits per heavy atom. The van der Waals surface area contributed by atoms with Crippen LogP contribution in [0.15, 0.2) is 54.6 Å². The average Bonchev–Trinajstić information content (AvgIpc) is 3.11. The molecule has 120 valence electrons. The summed E-state index contributed by atoms with van der Waals surface area (Å²) in [5.74, 6) is 0.550. The van der Waals surface area contributed by atoms with Gasteiger partial charge >= 0.3 is 7.67 Å². The molecule has 2 atom stereocenters. The number of nitrogens with zero attached hydrogens (tertiary/aromatic N) is 2. The standard InChI is InChI=1S/C17H18ClN2O2P/c18-14-6-4-10-17(12-14)22-23(21)19-11-5-9-16(19)13-20(23)15-7-2-1-3-8-15/h1-4,6-8,10,12,16H,5,9,11,13H2/t16-,23+/m0/s1. The van der Waals surface area contributed by atoms with Crippen LogP contribution in [-0.4, -0.2) is 23.8 Å². The first-order chi connectivity index (χ1) is 11.2. The minimum absolute atomic E-state index is 0.292. The minimum atomic E-state index is -3.14. The first kappa shape index (κ1) is 15.1. The summed E-state index contributed by atoms with van der Waals surface area (Å²) in [6.07, 6.45) is 2.13. The third kappa shape index (κ3) is 2.65. The summed E-state index contributed by atoms with van der Waals surface area (Å²) in [7, 11) is -3.14. The zero-order chi connectivity index (χ0) is 15.9. The number of rotatable bonds is 3. The first-order valence-corrected chi connectivity index (χ1v) is 9.73. The molecule has 2 aliphatic rings. The smallest absolute Gasteiger partial charge is 0.418 e. The highest BCUT2D eigenvalue weighted by Crippen LogP contribution is 2.63. The van der Waals surface area contributed by atoms with E-state index in [1.807, 2.05) is 45.7 Å². The van der Waals surface area contributed by atoms with E-state index in [1.54, 1.807) is 18.2 Å². The molecule has 0 aromatic heterocycles. The van der Waals surface area contributed by atoms with Crippen LogP contribution >= 0.6 is 19.3 Å². The van der Waals surface area contributed by atoms with Crippen LogP contribution in [0.2, 0.25) is 5.02 Å². The summed E-state index contributed by atoms with van der Waals surface area (Å²) >= 11 is 6.04. The Labute approximate surface area is 141 Å². The van der Waals surface area contributed by atoms with Gasteiger partial charge in [0.15, 0.2) is 0 Å². The number of para-hydroxylation sites is 1. The Morgan fingerprint density at radius 3 is 2.74 bits per heavy atom. The topological polar surface area (TPSA) is 32.8 Å². The molecule has 6 heteroatoms. The molecule has 2 aromatic rings. The third-order valence-corrected chi connectivity index (χ3v) is 7.30. The van der Waals surface area contributed by atoms with Crippen LogP contribution in [0.1, 0.15) is 12.8 Å². The van der Waals surface area contributed by atoms with Crippen LogP contribution in [0.5, 0.6) is 5.75 Å². The van der Waals surface area contributed by atoms with E-state index in [1.165, 1.54) is 0 Å². The fourth-order valence-corrected chi connectivity index (χ4v) is 6.26. The summed E-state index contributed by atoms with van der Waals surface area (Å²) < 4.78 is 23.8. The third-order valence-electron chi connectivity index (χ3n) is 4.43. The lowest BCUT2D eigenvalue weighted by molar-refractivity contribution is 0.374. The molecule has 0 aliphatic carbocycles. The van der Waals surface area contributed by atoms with Crippen molar-refractivity contribution in [2.45, 2.75) is 18.9 Å². The molecule has 0 amide bonds. The Hall–Kier alpha value is -1.48. The molecule has 0 radical (unpaired) electrons. The van der Waals surface area contributed by atoms with Gasteiger partial charge in [-0.3, -0.25) is 4.67 Å². The number of anilines is 1. The molecule has 0 bridgehead atoms. The lowest BCUT2D eigenvalue weighted by atomic mass is 10.2. The number of halogens is 1. The van der Waals surface area contributed by atoms with E-state index in [-0.39, 0.29) is 0 Å². The Morgan fingerprint density at radius 1 is 1.13 bits per heavy atom. The molecule has 0 unspecified atom stereocenters. The van der Waals surface area contributed by atoms with Gasteiger partial charge in [-0.1, -0.05) is 35.9 Å². The molecule has 4 nitrogen and oxygen atoms in total. The van der Waals surface area contributed by atoms with Crippen LogP contribution in [0, 0.1) is 0 Å². The quantitative estimate of drug-likeness (QED) is 0.745. The van der Waals surface area contributed by atoms with Crippen LogP contribution in [0.3, 0.4) is 0 Å². The highest BCUT2D eigenvalue weighted by Gasteiger charge is 2.53. The number of hydrogen-bond donors (Lipinski definition) is 0. The number of hydrogen-bond acceptors (Lipinski definition) is 2. The van der Waals surface area contributed by atoms with Gasteiger partial charge in [0.25, 0.3) is 0 Å². The molecule has 2 heterocycles. The maximum absolute atomic E-state index is 13.8. The lowest BCUT2D eigenvalue weighted by Gasteiger charge is -2.30.